The van der Waals surface area contributed by atoms with Crippen molar-refractivity contribution < 1.29 is 25.9 Å². The number of hydrogen-bond donors (Lipinski definition) is 3. The van der Waals surface area contributed by atoms with Gasteiger partial charge in [-0.05, 0) is 29.7 Å². The Hall–Kier alpha value is -1.13. The van der Waals surface area contributed by atoms with Gasteiger partial charge in [0.2, 0.25) is 0 Å². The molecule has 0 atom stereocenters. The lowest BCUT2D eigenvalue weighted by Crippen LogP contribution is -2.04. The van der Waals surface area contributed by atoms with Gasteiger partial charge in [0.1, 0.15) is 4.90 Å². The molecule has 102 valence electrons. The van der Waals surface area contributed by atoms with Crippen molar-refractivity contribution in [1.82, 2.24) is 0 Å². The van der Waals surface area contributed by atoms with Gasteiger partial charge in [-0.25, -0.2) is 0 Å². The smallest absolute Gasteiger partial charge is 0.282 e. The van der Waals surface area contributed by atoms with E-state index in [0.29, 0.717) is 11.0 Å². The maximum Gasteiger partial charge on any atom is 0.295 e. The van der Waals surface area contributed by atoms with Crippen LogP contribution in [0.25, 0.3) is 10.8 Å². The molecule has 0 radical (unpaired) electrons. The first-order chi connectivity index (χ1) is 8.59. The van der Waals surface area contributed by atoms with Crippen LogP contribution < -0.4 is 0 Å². The summed E-state index contributed by atoms with van der Waals surface area (Å²) in [7, 11) is -9.22. The molecule has 9 heteroatoms. The molecule has 19 heavy (non-hydrogen) atoms. The van der Waals surface area contributed by atoms with Crippen LogP contribution in [0.3, 0.4) is 0 Å². The van der Waals surface area contributed by atoms with E-state index in [0.717, 1.165) is 6.07 Å². The van der Waals surface area contributed by atoms with Gasteiger partial charge < -0.3 is 0 Å². The van der Waals surface area contributed by atoms with E-state index in [-0.39, 0.29) is 10.8 Å². The summed E-state index contributed by atoms with van der Waals surface area (Å²) < 4.78 is 62.9. The van der Waals surface area contributed by atoms with Crippen molar-refractivity contribution in [1.29, 1.82) is 0 Å². The van der Waals surface area contributed by atoms with Crippen molar-refractivity contribution in [2.24, 2.45) is 0 Å². The molecule has 0 fully saturated rings. The molecule has 0 aromatic heterocycles. The van der Waals surface area contributed by atoms with Gasteiger partial charge in [-0.3, -0.25) is 9.11 Å². The summed E-state index contributed by atoms with van der Waals surface area (Å²) >= 11 is 4.04. The quantitative estimate of drug-likeness (QED) is 0.573. The van der Waals surface area contributed by atoms with Gasteiger partial charge >= 0.3 is 0 Å². The molecule has 2 aromatic carbocycles. The van der Waals surface area contributed by atoms with Crippen molar-refractivity contribution in [2.75, 3.05) is 0 Å². The zero-order valence-corrected chi connectivity index (χ0v) is 11.7. The summed E-state index contributed by atoms with van der Waals surface area (Å²) in [6.45, 7) is 0. The van der Waals surface area contributed by atoms with Gasteiger partial charge in [-0.15, -0.1) is 12.6 Å². The van der Waals surface area contributed by atoms with Crippen molar-refractivity contribution in [3.8, 4) is 0 Å². The van der Waals surface area contributed by atoms with Crippen LogP contribution in [-0.4, -0.2) is 25.9 Å². The summed E-state index contributed by atoms with van der Waals surface area (Å²) in [6.07, 6.45) is 0. The fourth-order valence-corrected chi connectivity index (χ4v) is 3.20. The van der Waals surface area contributed by atoms with Crippen LogP contribution in [-0.2, 0) is 20.2 Å². The predicted octanol–water partition coefficient (Wildman–Crippen LogP) is 1.62. The van der Waals surface area contributed by atoms with E-state index in [9.17, 15) is 16.8 Å². The monoisotopic (exact) mass is 320 g/mol. The Morgan fingerprint density at radius 2 is 1.53 bits per heavy atom. The van der Waals surface area contributed by atoms with Gasteiger partial charge in [0.05, 0.1) is 4.90 Å². The molecule has 0 unspecified atom stereocenters. The van der Waals surface area contributed by atoms with Crippen LogP contribution in [0.4, 0.5) is 0 Å². The summed E-state index contributed by atoms with van der Waals surface area (Å²) in [5, 5.41) is 0.350. The molecule has 0 aliphatic heterocycles. The highest BCUT2D eigenvalue weighted by Crippen LogP contribution is 2.28. The largest absolute Gasteiger partial charge is 0.295 e. The third kappa shape index (κ3) is 2.90. The van der Waals surface area contributed by atoms with E-state index in [1.54, 1.807) is 0 Å². The number of thiol groups is 1. The Morgan fingerprint density at radius 1 is 0.895 bits per heavy atom. The van der Waals surface area contributed by atoms with Crippen LogP contribution in [0.2, 0.25) is 0 Å². The minimum absolute atomic E-state index is 0.113. The molecule has 2 N–H and O–H groups in total. The minimum atomic E-state index is -4.64. The fourth-order valence-electron chi connectivity index (χ4n) is 1.65. The van der Waals surface area contributed by atoms with Crippen LogP contribution in [0, 0.1) is 0 Å². The Balaban J connectivity index is 3.01. The first-order valence-corrected chi connectivity index (χ1v) is 8.13. The predicted molar refractivity (Wildman–Crippen MR) is 70.8 cm³/mol. The normalized spacial score (nSPS) is 12.8. The molecule has 2 rings (SSSR count). The molecular weight excluding hydrogens is 312 g/mol. The molecule has 0 saturated carbocycles. The molecule has 0 bridgehead atoms. The van der Waals surface area contributed by atoms with Gasteiger partial charge in [-0.1, -0.05) is 6.07 Å². The summed E-state index contributed by atoms with van der Waals surface area (Å²) in [5.41, 5.74) is 0. The molecule has 0 amide bonds. The van der Waals surface area contributed by atoms with Gasteiger partial charge in [0.25, 0.3) is 20.2 Å². The number of benzene rings is 2. The van der Waals surface area contributed by atoms with Crippen LogP contribution in [0.15, 0.2) is 45.0 Å². The molecule has 0 heterocycles. The van der Waals surface area contributed by atoms with Crippen LogP contribution in [0.1, 0.15) is 0 Å². The molecular formula is C10H8O6S3. The molecule has 6 nitrogen and oxygen atoms in total. The Labute approximate surface area is 115 Å². The third-order valence-electron chi connectivity index (χ3n) is 2.45. The summed E-state index contributed by atoms with van der Waals surface area (Å²) in [4.78, 5) is -0.773. The molecule has 0 saturated heterocycles. The summed E-state index contributed by atoms with van der Waals surface area (Å²) in [6, 6.07) is 6.12. The second-order valence-electron chi connectivity index (χ2n) is 3.78. The molecule has 0 spiro atoms. The van der Waals surface area contributed by atoms with Gasteiger partial charge in [0, 0.05) is 10.3 Å². The van der Waals surface area contributed by atoms with E-state index in [2.05, 4.69) is 12.6 Å². The SMILES string of the molecule is O=S(=O)(O)c1cc(S(=O)(=O)O)c2cc(S)ccc2c1. The molecule has 0 aliphatic carbocycles. The lowest BCUT2D eigenvalue weighted by molar-refractivity contribution is 0.482. The van der Waals surface area contributed by atoms with Gasteiger partial charge in [-0.2, -0.15) is 16.8 Å². The lowest BCUT2D eigenvalue weighted by Gasteiger charge is -2.07. The maximum absolute atomic E-state index is 11.3. The molecule has 0 aliphatic rings. The Bertz CT molecular complexity index is 868. The van der Waals surface area contributed by atoms with Crippen LogP contribution >= 0.6 is 12.6 Å². The average Bonchev–Trinajstić information content (AvgIpc) is 2.24. The first-order valence-electron chi connectivity index (χ1n) is 4.81. The second-order valence-corrected chi connectivity index (χ2v) is 7.10. The minimum Gasteiger partial charge on any atom is -0.282 e. The number of hydrogen-bond acceptors (Lipinski definition) is 5. The van der Waals surface area contributed by atoms with Crippen molar-refractivity contribution in [3.05, 3.63) is 30.3 Å². The van der Waals surface area contributed by atoms with E-state index < -0.39 is 30.0 Å². The Morgan fingerprint density at radius 3 is 2.05 bits per heavy atom. The van der Waals surface area contributed by atoms with Crippen molar-refractivity contribution >= 4 is 43.6 Å². The highest BCUT2D eigenvalue weighted by Gasteiger charge is 2.20. The first kappa shape index (κ1) is 14.3. The van der Waals surface area contributed by atoms with Crippen molar-refractivity contribution in [3.63, 3.8) is 0 Å². The fraction of sp³-hybridized carbons (Fsp3) is 0. The zero-order valence-electron chi connectivity index (χ0n) is 9.18. The standard InChI is InChI=1S/C10H8O6S3/c11-18(12,13)8-3-6-1-2-7(17)4-9(6)10(5-8)19(14,15)16/h1-5,17H,(H,11,12,13)(H,14,15,16). The number of fused-ring (bicyclic) bond motifs is 1. The lowest BCUT2D eigenvalue weighted by atomic mass is 10.1. The molecule has 2 aromatic rings. The van der Waals surface area contributed by atoms with Crippen LogP contribution in [0.5, 0.6) is 0 Å². The van der Waals surface area contributed by atoms with Crippen molar-refractivity contribution in [2.45, 2.75) is 14.7 Å². The summed E-state index contributed by atoms with van der Waals surface area (Å²) in [5.74, 6) is 0. The maximum atomic E-state index is 11.3. The van der Waals surface area contributed by atoms with E-state index >= 15 is 0 Å². The van der Waals surface area contributed by atoms with Gasteiger partial charge in [0.15, 0.2) is 0 Å². The Kier molecular flexibility index (Phi) is 3.35. The number of rotatable bonds is 2. The van der Waals surface area contributed by atoms with E-state index in [4.69, 9.17) is 9.11 Å². The average molecular weight is 320 g/mol. The topological polar surface area (TPSA) is 109 Å². The third-order valence-corrected chi connectivity index (χ3v) is 4.45. The second kappa shape index (κ2) is 4.46. The highest BCUT2D eigenvalue weighted by molar-refractivity contribution is 7.86. The highest BCUT2D eigenvalue weighted by atomic mass is 32.2. The van der Waals surface area contributed by atoms with E-state index in [1.807, 2.05) is 0 Å². The zero-order chi connectivity index (χ0) is 14.4. The van der Waals surface area contributed by atoms with E-state index in [1.165, 1.54) is 18.2 Å².